The minimum Gasteiger partial charge on any atom is -0.329 e. The van der Waals surface area contributed by atoms with Crippen molar-refractivity contribution < 1.29 is 18.0 Å². The molecule has 2 aromatic rings. The lowest BCUT2D eigenvalue weighted by Crippen LogP contribution is -2.36. The molecule has 138 valence electrons. The number of carbonyl (C=O) groups excluding carboxylic acids is 1. The molecule has 0 saturated carbocycles. The lowest BCUT2D eigenvalue weighted by Gasteiger charge is -2.30. The molecule has 1 heterocycles. The zero-order chi connectivity index (χ0) is 18.7. The molecule has 0 saturated heterocycles. The van der Waals surface area contributed by atoms with E-state index in [2.05, 4.69) is 4.72 Å². The first-order valence-electron chi connectivity index (χ1n) is 8.44. The van der Waals surface area contributed by atoms with Crippen LogP contribution in [0, 0.1) is 17.5 Å². The molecular formula is C19H19F3N2OS. The highest BCUT2D eigenvalue weighted by atomic mass is 32.2. The third-order valence-corrected chi connectivity index (χ3v) is 5.04. The monoisotopic (exact) mass is 380 g/mol. The molecule has 3 rings (SSSR count). The molecule has 0 radical (unpaired) electrons. The van der Waals surface area contributed by atoms with Crippen LogP contribution in [0.2, 0.25) is 0 Å². The Labute approximate surface area is 154 Å². The molecule has 1 aliphatic rings. The summed E-state index contributed by atoms with van der Waals surface area (Å²) in [5, 5.41) is 0. The Kier molecular flexibility index (Phi) is 5.76. The Balaban J connectivity index is 1.72. The van der Waals surface area contributed by atoms with Crippen LogP contribution in [0.1, 0.15) is 30.9 Å². The Bertz CT molecular complexity index is 829. The van der Waals surface area contributed by atoms with E-state index in [1.54, 1.807) is 0 Å². The Morgan fingerprint density at radius 2 is 1.92 bits per heavy atom. The number of nitrogens with zero attached hydrogens (tertiary/aromatic N) is 1. The second-order valence-corrected chi connectivity index (χ2v) is 6.92. The normalized spacial score (nSPS) is 13.7. The number of benzene rings is 2. The van der Waals surface area contributed by atoms with Gasteiger partial charge in [-0.2, -0.15) is 0 Å². The van der Waals surface area contributed by atoms with Gasteiger partial charge in [0.05, 0.1) is 5.69 Å². The van der Waals surface area contributed by atoms with E-state index < -0.39 is 17.5 Å². The summed E-state index contributed by atoms with van der Waals surface area (Å²) in [6.45, 7) is 2.44. The fourth-order valence-corrected chi connectivity index (χ4v) is 3.75. The summed E-state index contributed by atoms with van der Waals surface area (Å²) in [6.07, 6.45) is 1.62. The maximum absolute atomic E-state index is 14.6. The third-order valence-electron chi connectivity index (χ3n) is 4.20. The van der Waals surface area contributed by atoms with Crippen LogP contribution in [0.3, 0.4) is 0 Å². The molecule has 0 fully saturated rings. The van der Waals surface area contributed by atoms with Crippen LogP contribution in [0.15, 0.2) is 30.3 Å². The van der Waals surface area contributed by atoms with Gasteiger partial charge in [-0.3, -0.25) is 4.79 Å². The standard InChI is InChI=1S/C19H19F3N2OS/c1-2-7-24-18(25)6-4-12-8-15(10-17(22)19(12)24)23-26-11-13-3-5-14(20)9-16(13)21/h3,5,8-10,23H,2,4,6-7,11H2,1H3. The largest absolute Gasteiger partial charge is 0.329 e. The summed E-state index contributed by atoms with van der Waals surface area (Å²) in [7, 11) is 0. The number of anilines is 2. The molecule has 2 aromatic carbocycles. The van der Waals surface area contributed by atoms with Gasteiger partial charge in [0.25, 0.3) is 0 Å². The molecule has 7 heteroatoms. The van der Waals surface area contributed by atoms with E-state index in [0.717, 1.165) is 18.1 Å². The smallest absolute Gasteiger partial charge is 0.227 e. The number of rotatable bonds is 6. The highest BCUT2D eigenvalue weighted by Gasteiger charge is 2.27. The first-order valence-corrected chi connectivity index (χ1v) is 9.42. The Hall–Kier alpha value is -2.15. The maximum Gasteiger partial charge on any atom is 0.227 e. The van der Waals surface area contributed by atoms with E-state index in [1.807, 2.05) is 13.0 Å². The van der Waals surface area contributed by atoms with Crippen LogP contribution in [0.25, 0.3) is 0 Å². The number of nitrogens with one attached hydrogen (secondary N) is 1. The average Bonchev–Trinajstić information content (AvgIpc) is 2.59. The van der Waals surface area contributed by atoms with Gasteiger partial charge in [-0.25, -0.2) is 13.2 Å². The lowest BCUT2D eigenvalue weighted by atomic mass is 10.00. The van der Waals surface area contributed by atoms with Crippen molar-refractivity contribution in [2.75, 3.05) is 16.2 Å². The van der Waals surface area contributed by atoms with Crippen LogP contribution >= 0.6 is 11.9 Å². The summed E-state index contributed by atoms with van der Waals surface area (Å²) < 4.78 is 44.1. The fraction of sp³-hybridized carbons (Fsp3) is 0.316. The van der Waals surface area contributed by atoms with Gasteiger partial charge in [0.2, 0.25) is 5.91 Å². The van der Waals surface area contributed by atoms with Gasteiger partial charge in [0.1, 0.15) is 17.5 Å². The zero-order valence-electron chi connectivity index (χ0n) is 14.3. The van der Waals surface area contributed by atoms with Crippen LogP contribution in [-0.2, 0) is 17.0 Å². The van der Waals surface area contributed by atoms with Gasteiger partial charge >= 0.3 is 0 Å². The predicted octanol–water partition coefficient (Wildman–Crippen LogP) is 5.05. The molecule has 0 unspecified atom stereocenters. The molecule has 0 aliphatic carbocycles. The van der Waals surface area contributed by atoms with E-state index in [-0.39, 0.29) is 11.7 Å². The summed E-state index contributed by atoms with van der Waals surface area (Å²) in [5.74, 6) is -1.46. The second-order valence-electron chi connectivity index (χ2n) is 6.14. The van der Waals surface area contributed by atoms with Crippen molar-refractivity contribution in [3.8, 4) is 0 Å². The first kappa shape index (κ1) is 18.6. The summed E-state index contributed by atoms with van der Waals surface area (Å²) in [5.41, 5.74) is 2.07. The number of amides is 1. The summed E-state index contributed by atoms with van der Waals surface area (Å²) in [4.78, 5) is 13.6. The molecule has 1 amide bonds. The Morgan fingerprint density at radius 3 is 2.65 bits per heavy atom. The number of halogens is 3. The first-order chi connectivity index (χ1) is 12.5. The highest BCUT2D eigenvalue weighted by Crippen LogP contribution is 2.34. The minimum atomic E-state index is -0.618. The van der Waals surface area contributed by atoms with Gasteiger partial charge in [-0.1, -0.05) is 13.0 Å². The van der Waals surface area contributed by atoms with Crippen molar-refractivity contribution in [1.29, 1.82) is 0 Å². The molecule has 0 spiro atoms. The van der Waals surface area contributed by atoms with Crippen LogP contribution < -0.4 is 9.62 Å². The number of carbonyl (C=O) groups is 1. The van der Waals surface area contributed by atoms with Crippen molar-refractivity contribution in [3.05, 3.63) is 58.9 Å². The molecule has 3 nitrogen and oxygen atoms in total. The van der Waals surface area contributed by atoms with E-state index in [0.29, 0.717) is 36.3 Å². The van der Waals surface area contributed by atoms with Crippen LogP contribution in [-0.4, -0.2) is 12.5 Å². The van der Waals surface area contributed by atoms with Gasteiger partial charge in [-0.15, -0.1) is 0 Å². The van der Waals surface area contributed by atoms with Crippen LogP contribution in [0.4, 0.5) is 24.5 Å². The second kappa shape index (κ2) is 8.03. The van der Waals surface area contributed by atoms with E-state index in [4.69, 9.17) is 0 Å². The number of hydrogen-bond donors (Lipinski definition) is 1. The van der Waals surface area contributed by atoms with Gasteiger partial charge in [0, 0.05) is 30.5 Å². The molecule has 1 N–H and O–H groups in total. The van der Waals surface area contributed by atoms with Crippen molar-refractivity contribution in [1.82, 2.24) is 0 Å². The van der Waals surface area contributed by atoms with E-state index in [1.165, 1.54) is 35.0 Å². The minimum absolute atomic E-state index is 0.0554. The molecule has 1 aliphatic heterocycles. The van der Waals surface area contributed by atoms with Crippen molar-refractivity contribution >= 4 is 29.2 Å². The molecule has 0 atom stereocenters. The van der Waals surface area contributed by atoms with Crippen molar-refractivity contribution in [2.45, 2.75) is 31.9 Å². The van der Waals surface area contributed by atoms with Gasteiger partial charge in [0.15, 0.2) is 0 Å². The van der Waals surface area contributed by atoms with E-state index in [9.17, 15) is 18.0 Å². The molecular weight excluding hydrogens is 361 g/mol. The summed E-state index contributed by atoms with van der Waals surface area (Å²) >= 11 is 1.19. The predicted molar refractivity (Wildman–Crippen MR) is 98.6 cm³/mol. The quantitative estimate of drug-likeness (QED) is 0.712. The number of hydrogen-bond acceptors (Lipinski definition) is 3. The van der Waals surface area contributed by atoms with Gasteiger partial charge in [-0.05, 0) is 54.1 Å². The van der Waals surface area contributed by atoms with Crippen molar-refractivity contribution in [2.24, 2.45) is 0 Å². The Morgan fingerprint density at radius 1 is 1.12 bits per heavy atom. The van der Waals surface area contributed by atoms with E-state index >= 15 is 0 Å². The number of fused-ring (bicyclic) bond motifs is 1. The molecule has 0 aromatic heterocycles. The number of aryl methyl sites for hydroxylation is 1. The average molecular weight is 380 g/mol. The highest BCUT2D eigenvalue weighted by molar-refractivity contribution is 7.99. The van der Waals surface area contributed by atoms with Gasteiger partial charge < -0.3 is 9.62 Å². The molecule has 26 heavy (non-hydrogen) atoms. The topological polar surface area (TPSA) is 32.3 Å². The molecule has 0 bridgehead atoms. The summed E-state index contributed by atoms with van der Waals surface area (Å²) in [6, 6.07) is 6.60. The van der Waals surface area contributed by atoms with Crippen LogP contribution in [0.5, 0.6) is 0 Å². The fourth-order valence-electron chi connectivity index (χ4n) is 3.01. The third kappa shape index (κ3) is 3.98. The maximum atomic E-state index is 14.6. The SMILES string of the molecule is CCCN1C(=O)CCc2cc(NSCc3ccc(F)cc3F)cc(F)c21. The van der Waals surface area contributed by atoms with Crippen molar-refractivity contribution in [3.63, 3.8) is 0 Å². The lowest BCUT2D eigenvalue weighted by molar-refractivity contribution is -0.118. The zero-order valence-corrected chi connectivity index (χ0v) is 15.1.